The van der Waals surface area contributed by atoms with Gasteiger partial charge in [0.1, 0.15) is 5.75 Å². The Hall–Kier alpha value is -4.15. The number of rotatable bonds is 8. The number of H-pyrrole nitrogens is 1. The molecular formula is C26H27N7O3. The molecule has 36 heavy (non-hydrogen) atoms. The van der Waals surface area contributed by atoms with Crippen molar-refractivity contribution < 1.29 is 9.84 Å². The van der Waals surface area contributed by atoms with Crippen LogP contribution in [0.5, 0.6) is 11.6 Å². The summed E-state index contributed by atoms with van der Waals surface area (Å²) in [6.45, 7) is 5.86. The molecule has 0 radical (unpaired) electrons. The molecule has 3 aliphatic carbocycles. The van der Waals surface area contributed by atoms with E-state index in [1.54, 1.807) is 6.08 Å². The van der Waals surface area contributed by atoms with E-state index < -0.39 is 0 Å². The molecule has 2 heterocycles. The number of aliphatic hydroxyl groups excluding tert-OH is 1. The summed E-state index contributed by atoms with van der Waals surface area (Å²) in [6, 6.07) is 8.21. The van der Waals surface area contributed by atoms with Crippen molar-refractivity contribution in [1.29, 1.82) is 10.5 Å². The van der Waals surface area contributed by atoms with Crippen LogP contribution in [-0.4, -0.2) is 36.8 Å². The number of hydrogen-bond donors (Lipinski definition) is 3. The smallest absolute Gasteiger partial charge is 0.327 e. The molecule has 1 atom stereocenters. The van der Waals surface area contributed by atoms with E-state index in [-0.39, 0.29) is 41.6 Å². The van der Waals surface area contributed by atoms with Crippen molar-refractivity contribution in [3.63, 3.8) is 0 Å². The number of nitrogens with one attached hydrogen (secondary N) is 2. The topological polar surface area (TPSA) is 153 Å². The van der Waals surface area contributed by atoms with E-state index in [2.05, 4.69) is 26.3 Å². The Kier molecular flexibility index (Phi) is 5.57. The number of nitrogens with zero attached hydrogens (tertiary/aromatic N) is 5. The molecule has 3 saturated carbocycles. The van der Waals surface area contributed by atoms with Gasteiger partial charge in [-0.1, -0.05) is 6.92 Å². The third-order valence-corrected chi connectivity index (χ3v) is 7.07. The SMILES string of the molecule is Cc1cc(/C=C/C#N)cc(C)c1Oc1nc(NC23CC(C#N)(C2)C3)nc2[nH]c(=O)n(C[C@H](C)CO)c12. The standard InChI is InChI=1S/C26H27N7O3/c1-15(10-34)9-33-19-21(30-24(33)35)29-23(32-26-11-25(12-26,13-26)14-28)31-22(19)36-20-16(2)7-18(5-4-6-27)8-17(20)3/h4-5,7-8,15,34H,9-13H2,1-3H3,(H2,29,30,31,32,35)/b5-4+/t15-,25?,26?/m0/s1. The predicted molar refractivity (Wildman–Crippen MR) is 133 cm³/mol. The highest BCUT2D eigenvalue weighted by atomic mass is 16.5. The normalized spacial score (nSPS) is 22.9. The number of anilines is 1. The molecule has 2 aromatic heterocycles. The summed E-state index contributed by atoms with van der Waals surface area (Å²) in [5.41, 5.74) is 2.53. The number of aromatic amines is 1. The van der Waals surface area contributed by atoms with E-state index in [0.29, 0.717) is 22.9 Å². The Morgan fingerprint density at radius 3 is 2.58 bits per heavy atom. The Labute approximate surface area is 207 Å². The summed E-state index contributed by atoms with van der Waals surface area (Å²) >= 11 is 0. The fourth-order valence-electron chi connectivity index (χ4n) is 5.45. The second-order valence-corrected chi connectivity index (χ2v) is 10.3. The summed E-state index contributed by atoms with van der Waals surface area (Å²) in [6.07, 6.45) is 5.38. The first kappa shape index (κ1) is 23.6. The van der Waals surface area contributed by atoms with Gasteiger partial charge in [-0.2, -0.15) is 20.5 Å². The molecule has 3 aromatic rings. The number of hydrogen-bond acceptors (Lipinski definition) is 8. The Balaban J connectivity index is 1.57. The van der Waals surface area contributed by atoms with E-state index >= 15 is 0 Å². The van der Waals surface area contributed by atoms with Gasteiger partial charge in [0, 0.05) is 24.8 Å². The van der Waals surface area contributed by atoms with E-state index in [9.17, 15) is 15.2 Å². The van der Waals surface area contributed by atoms with Crippen LogP contribution in [0.4, 0.5) is 5.95 Å². The largest absolute Gasteiger partial charge is 0.436 e. The maximum atomic E-state index is 12.8. The molecule has 3 aliphatic rings. The van der Waals surface area contributed by atoms with Gasteiger partial charge >= 0.3 is 5.69 Å². The van der Waals surface area contributed by atoms with Crippen molar-refractivity contribution in [3.05, 3.63) is 45.4 Å². The van der Waals surface area contributed by atoms with Crippen molar-refractivity contribution in [2.24, 2.45) is 11.3 Å². The number of imidazole rings is 1. The van der Waals surface area contributed by atoms with Crippen LogP contribution in [0.1, 0.15) is 42.9 Å². The fraction of sp³-hybridized carbons (Fsp3) is 0.423. The summed E-state index contributed by atoms with van der Waals surface area (Å²) in [7, 11) is 0. The van der Waals surface area contributed by atoms with E-state index in [1.165, 1.54) is 10.6 Å². The second kappa shape index (κ2) is 8.51. The summed E-state index contributed by atoms with van der Waals surface area (Å²) in [5.74, 6) is 0.986. The number of nitriles is 2. The van der Waals surface area contributed by atoms with Gasteiger partial charge in [-0.15, -0.1) is 0 Å². The summed E-state index contributed by atoms with van der Waals surface area (Å²) < 4.78 is 7.86. The first-order valence-corrected chi connectivity index (χ1v) is 11.9. The van der Waals surface area contributed by atoms with Crippen LogP contribution in [0.3, 0.4) is 0 Å². The molecule has 10 nitrogen and oxygen atoms in total. The number of fused-ring (bicyclic) bond motifs is 1. The lowest BCUT2D eigenvalue weighted by Gasteiger charge is -2.66. The van der Waals surface area contributed by atoms with Crippen LogP contribution < -0.4 is 15.7 Å². The maximum absolute atomic E-state index is 12.8. The van der Waals surface area contributed by atoms with Gasteiger partial charge in [-0.3, -0.25) is 9.55 Å². The zero-order valence-corrected chi connectivity index (χ0v) is 20.4. The average molecular weight is 486 g/mol. The summed E-state index contributed by atoms with van der Waals surface area (Å²) in [5, 5.41) is 31.1. The molecule has 10 heteroatoms. The predicted octanol–water partition coefficient (Wildman–Crippen LogP) is 3.55. The monoisotopic (exact) mass is 485 g/mol. The van der Waals surface area contributed by atoms with Crippen molar-refractivity contribution in [3.8, 4) is 23.8 Å². The number of benzene rings is 1. The molecule has 0 unspecified atom stereocenters. The molecule has 0 saturated heterocycles. The lowest BCUT2D eigenvalue weighted by molar-refractivity contribution is -0.0665. The molecule has 0 amide bonds. The highest BCUT2D eigenvalue weighted by Crippen LogP contribution is 2.67. The minimum atomic E-state index is -0.360. The van der Waals surface area contributed by atoms with Crippen molar-refractivity contribution >= 4 is 23.2 Å². The molecule has 6 rings (SSSR count). The molecule has 0 aliphatic heterocycles. The van der Waals surface area contributed by atoms with Gasteiger partial charge < -0.3 is 15.2 Å². The van der Waals surface area contributed by atoms with Crippen LogP contribution in [0, 0.1) is 47.8 Å². The molecule has 1 aromatic carbocycles. The molecule has 184 valence electrons. The molecule has 3 fully saturated rings. The van der Waals surface area contributed by atoms with Gasteiger partial charge in [-0.05, 0) is 73.9 Å². The van der Waals surface area contributed by atoms with Gasteiger partial charge in [0.25, 0.3) is 5.88 Å². The van der Waals surface area contributed by atoms with Crippen LogP contribution in [0.2, 0.25) is 0 Å². The number of aromatic nitrogens is 4. The van der Waals surface area contributed by atoms with Gasteiger partial charge in [0.2, 0.25) is 5.95 Å². The van der Waals surface area contributed by atoms with E-state index in [4.69, 9.17) is 10.00 Å². The number of ether oxygens (including phenoxy) is 1. The van der Waals surface area contributed by atoms with Crippen LogP contribution in [-0.2, 0) is 6.54 Å². The lowest BCUT2D eigenvalue weighted by atomic mass is 9.40. The highest BCUT2D eigenvalue weighted by Gasteiger charge is 2.69. The Bertz CT molecular complexity index is 1490. The quantitative estimate of drug-likeness (QED) is 0.410. The second-order valence-electron chi connectivity index (χ2n) is 10.3. The Morgan fingerprint density at radius 1 is 1.28 bits per heavy atom. The van der Waals surface area contributed by atoms with Crippen molar-refractivity contribution in [2.75, 3.05) is 11.9 Å². The zero-order valence-electron chi connectivity index (χ0n) is 20.4. The molecule has 2 bridgehead atoms. The third-order valence-electron chi connectivity index (χ3n) is 7.07. The van der Waals surface area contributed by atoms with E-state index in [1.807, 2.05) is 39.0 Å². The first-order chi connectivity index (χ1) is 17.2. The van der Waals surface area contributed by atoms with Crippen LogP contribution in [0.15, 0.2) is 23.0 Å². The van der Waals surface area contributed by atoms with Crippen LogP contribution >= 0.6 is 0 Å². The lowest BCUT2D eigenvalue weighted by Crippen LogP contribution is -2.70. The third kappa shape index (κ3) is 3.90. The summed E-state index contributed by atoms with van der Waals surface area (Å²) in [4.78, 5) is 24.9. The number of aliphatic hydroxyl groups is 1. The van der Waals surface area contributed by atoms with Gasteiger partial charge in [0.05, 0.1) is 17.6 Å². The van der Waals surface area contributed by atoms with Crippen molar-refractivity contribution in [1.82, 2.24) is 19.5 Å². The molecule has 0 spiro atoms. The van der Waals surface area contributed by atoms with E-state index in [0.717, 1.165) is 36.0 Å². The number of aryl methyl sites for hydroxylation is 2. The highest BCUT2D eigenvalue weighted by molar-refractivity contribution is 5.79. The molecular weight excluding hydrogens is 458 g/mol. The minimum Gasteiger partial charge on any atom is -0.436 e. The van der Waals surface area contributed by atoms with Crippen LogP contribution in [0.25, 0.3) is 17.2 Å². The van der Waals surface area contributed by atoms with Gasteiger partial charge in [-0.25, -0.2) is 4.79 Å². The van der Waals surface area contributed by atoms with Gasteiger partial charge in [0.15, 0.2) is 11.2 Å². The zero-order chi connectivity index (χ0) is 25.7. The minimum absolute atomic E-state index is 0.0745. The first-order valence-electron chi connectivity index (χ1n) is 11.9. The fourth-order valence-corrected chi connectivity index (χ4v) is 5.45. The molecule has 3 N–H and O–H groups in total. The average Bonchev–Trinajstić information content (AvgIpc) is 3.10. The maximum Gasteiger partial charge on any atom is 0.327 e. The Morgan fingerprint density at radius 2 is 1.97 bits per heavy atom. The number of allylic oxidation sites excluding steroid dienone is 1. The van der Waals surface area contributed by atoms with Crippen molar-refractivity contribution in [2.45, 2.75) is 52.1 Å².